The van der Waals surface area contributed by atoms with Crippen LogP contribution in [0.3, 0.4) is 0 Å². The summed E-state index contributed by atoms with van der Waals surface area (Å²) in [5.41, 5.74) is 7.71. The second kappa shape index (κ2) is 6.05. The van der Waals surface area contributed by atoms with Gasteiger partial charge in [0.25, 0.3) is 5.91 Å². The summed E-state index contributed by atoms with van der Waals surface area (Å²) < 4.78 is 4.53. The highest BCUT2D eigenvalue weighted by molar-refractivity contribution is 5.95. The minimum absolute atomic E-state index is 0.158. The molecule has 0 bridgehead atoms. The SMILES string of the molecule is COC(=O)CCN(C)C(=O)c1cc(C)cc(N)c1. The van der Waals surface area contributed by atoms with Crippen LogP contribution < -0.4 is 5.73 Å². The summed E-state index contributed by atoms with van der Waals surface area (Å²) >= 11 is 0. The van der Waals surface area contributed by atoms with Crippen molar-refractivity contribution in [3.05, 3.63) is 29.3 Å². The number of benzene rings is 1. The molecule has 1 aromatic carbocycles. The zero-order valence-corrected chi connectivity index (χ0v) is 10.9. The Balaban J connectivity index is 2.71. The van der Waals surface area contributed by atoms with Gasteiger partial charge in [0.2, 0.25) is 0 Å². The van der Waals surface area contributed by atoms with E-state index in [0.29, 0.717) is 17.8 Å². The summed E-state index contributed by atoms with van der Waals surface area (Å²) in [5.74, 6) is -0.493. The summed E-state index contributed by atoms with van der Waals surface area (Å²) in [4.78, 5) is 24.5. The number of methoxy groups -OCH3 is 1. The molecule has 0 heterocycles. The third-order valence-electron chi connectivity index (χ3n) is 2.57. The van der Waals surface area contributed by atoms with Crippen molar-refractivity contribution in [3.8, 4) is 0 Å². The zero-order valence-electron chi connectivity index (χ0n) is 10.9. The van der Waals surface area contributed by atoms with Crippen LogP contribution in [0.2, 0.25) is 0 Å². The van der Waals surface area contributed by atoms with E-state index >= 15 is 0 Å². The van der Waals surface area contributed by atoms with Crippen LogP contribution in [0.5, 0.6) is 0 Å². The van der Waals surface area contributed by atoms with Gasteiger partial charge in [-0.05, 0) is 30.7 Å². The smallest absolute Gasteiger partial charge is 0.307 e. The highest BCUT2D eigenvalue weighted by Gasteiger charge is 2.13. The van der Waals surface area contributed by atoms with Crippen LogP contribution in [0.4, 0.5) is 5.69 Å². The van der Waals surface area contributed by atoms with Gasteiger partial charge in [0.1, 0.15) is 0 Å². The summed E-state index contributed by atoms with van der Waals surface area (Å²) in [6, 6.07) is 5.20. The molecule has 98 valence electrons. The zero-order chi connectivity index (χ0) is 13.7. The van der Waals surface area contributed by atoms with E-state index in [1.54, 1.807) is 25.2 Å². The second-order valence-corrected chi connectivity index (χ2v) is 4.19. The van der Waals surface area contributed by atoms with Crippen LogP contribution in [-0.4, -0.2) is 37.5 Å². The van der Waals surface area contributed by atoms with Crippen LogP contribution in [0.15, 0.2) is 18.2 Å². The molecule has 1 aromatic rings. The van der Waals surface area contributed by atoms with Crippen LogP contribution in [0.25, 0.3) is 0 Å². The maximum atomic E-state index is 12.1. The molecule has 0 saturated carbocycles. The number of nitrogen functional groups attached to an aromatic ring is 1. The molecule has 0 saturated heterocycles. The van der Waals surface area contributed by atoms with Crippen LogP contribution >= 0.6 is 0 Å². The second-order valence-electron chi connectivity index (χ2n) is 4.19. The van der Waals surface area contributed by atoms with Crippen molar-refractivity contribution in [2.45, 2.75) is 13.3 Å². The van der Waals surface area contributed by atoms with Gasteiger partial charge in [-0.3, -0.25) is 9.59 Å². The Labute approximate surface area is 107 Å². The molecule has 18 heavy (non-hydrogen) atoms. The Kier molecular flexibility index (Phi) is 4.71. The minimum atomic E-state index is -0.335. The summed E-state index contributed by atoms with van der Waals surface area (Å²) in [6.45, 7) is 2.20. The third kappa shape index (κ3) is 3.76. The average Bonchev–Trinajstić information content (AvgIpc) is 2.33. The topological polar surface area (TPSA) is 72.6 Å². The molecule has 0 aliphatic carbocycles. The van der Waals surface area contributed by atoms with Gasteiger partial charge in [-0.15, -0.1) is 0 Å². The van der Waals surface area contributed by atoms with Gasteiger partial charge in [-0.25, -0.2) is 0 Å². The van der Waals surface area contributed by atoms with E-state index in [-0.39, 0.29) is 18.3 Å². The van der Waals surface area contributed by atoms with Gasteiger partial charge in [0.05, 0.1) is 13.5 Å². The van der Waals surface area contributed by atoms with E-state index < -0.39 is 0 Å². The number of ether oxygens (including phenoxy) is 1. The number of carbonyl (C=O) groups excluding carboxylic acids is 2. The Morgan fingerprint density at radius 2 is 2.00 bits per heavy atom. The molecule has 1 amide bonds. The fraction of sp³-hybridized carbons (Fsp3) is 0.385. The van der Waals surface area contributed by atoms with Crippen molar-refractivity contribution in [2.24, 2.45) is 0 Å². The Morgan fingerprint density at radius 1 is 1.33 bits per heavy atom. The number of esters is 1. The summed E-state index contributed by atoms with van der Waals surface area (Å²) in [6.07, 6.45) is 0.181. The van der Waals surface area contributed by atoms with Gasteiger partial charge in [0, 0.05) is 24.8 Å². The quantitative estimate of drug-likeness (QED) is 0.644. The highest BCUT2D eigenvalue weighted by Crippen LogP contribution is 2.13. The van der Waals surface area contributed by atoms with Crippen molar-refractivity contribution in [1.29, 1.82) is 0 Å². The maximum Gasteiger partial charge on any atom is 0.307 e. The average molecular weight is 250 g/mol. The normalized spacial score (nSPS) is 9.94. The standard InChI is InChI=1S/C13H18N2O3/c1-9-6-10(8-11(14)7-9)13(17)15(2)5-4-12(16)18-3/h6-8H,4-5,14H2,1-3H3. The molecule has 1 rings (SSSR count). The van der Waals surface area contributed by atoms with E-state index in [2.05, 4.69) is 4.74 Å². The van der Waals surface area contributed by atoms with Gasteiger partial charge in [-0.1, -0.05) is 0 Å². The molecule has 5 nitrogen and oxygen atoms in total. The number of hydrogen-bond acceptors (Lipinski definition) is 4. The predicted octanol–water partition coefficient (Wildman–Crippen LogP) is 1.21. The fourth-order valence-electron chi connectivity index (χ4n) is 1.62. The number of hydrogen-bond donors (Lipinski definition) is 1. The molecule has 0 unspecified atom stereocenters. The largest absolute Gasteiger partial charge is 0.469 e. The monoisotopic (exact) mass is 250 g/mol. The molecule has 0 aliphatic rings. The van der Waals surface area contributed by atoms with Crippen molar-refractivity contribution < 1.29 is 14.3 Å². The number of aryl methyl sites for hydroxylation is 1. The Morgan fingerprint density at radius 3 is 2.56 bits per heavy atom. The van der Waals surface area contributed by atoms with Gasteiger partial charge < -0.3 is 15.4 Å². The van der Waals surface area contributed by atoms with Gasteiger partial charge >= 0.3 is 5.97 Å². The first kappa shape index (κ1) is 14.0. The van der Waals surface area contributed by atoms with E-state index in [9.17, 15) is 9.59 Å². The van der Waals surface area contributed by atoms with E-state index in [1.165, 1.54) is 12.0 Å². The third-order valence-corrected chi connectivity index (χ3v) is 2.57. The summed E-state index contributed by atoms with van der Waals surface area (Å²) in [7, 11) is 2.97. The molecule has 0 fully saturated rings. The molecule has 0 atom stereocenters. The number of nitrogens with zero attached hydrogens (tertiary/aromatic N) is 1. The lowest BCUT2D eigenvalue weighted by Gasteiger charge is -2.17. The van der Waals surface area contributed by atoms with Crippen molar-refractivity contribution >= 4 is 17.6 Å². The molecule has 0 spiro atoms. The molecular weight excluding hydrogens is 232 g/mol. The lowest BCUT2D eigenvalue weighted by molar-refractivity contribution is -0.140. The van der Waals surface area contributed by atoms with E-state index in [4.69, 9.17) is 5.73 Å². The van der Waals surface area contributed by atoms with Crippen LogP contribution in [-0.2, 0) is 9.53 Å². The fourth-order valence-corrected chi connectivity index (χ4v) is 1.62. The van der Waals surface area contributed by atoms with Crippen LogP contribution in [0, 0.1) is 6.92 Å². The number of rotatable bonds is 4. The number of anilines is 1. The first-order valence-corrected chi connectivity index (χ1v) is 5.63. The highest BCUT2D eigenvalue weighted by atomic mass is 16.5. The minimum Gasteiger partial charge on any atom is -0.469 e. The van der Waals surface area contributed by atoms with Crippen LogP contribution in [0.1, 0.15) is 22.3 Å². The number of carbonyl (C=O) groups is 2. The van der Waals surface area contributed by atoms with Crippen molar-refractivity contribution in [2.75, 3.05) is 26.4 Å². The lowest BCUT2D eigenvalue weighted by Crippen LogP contribution is -2.29. The van der Waals surface area contributed by atoms with Crippen molar-refractivity contribution in [3.63, 3.8) is 0 Å². The van der Waals surface area contributed by atoms with Gasteiger partial charge in [0.15, 0.2) is 0 Å². The number of amides is 1. The molecule has 0 aromatic heterocycles. The number of nitrogens with two attached hydrogens (primary N) is 1. The molecular formula is C13H18N2O3. The van der Waals surface area contributed by atoms with E-state index in [0.717, 1.165) is 5.56 Å². The first-order chi connectivity index (χ1) is 8.43. The van der Waals surface area contributed by atoms with Crippen molar-refractivity contribution in [1.82, 2.24) is 4.90 Å². The molecule has 5 heteroatoms. The van der Waals surface area contributed by atoms with E-state index in [1.807, 2.05) is 6.92 Å². The van der Waals surface area contributed by atoms with Gasteiger partial charge in [-0.2, -0.15) is 0 Å². The summed E-state index contributed by atoms with van der Waals surface area (Å²) in [5, 5.41) is 0. The maximum absolute atomic E-state index is 12.1. The predicted molar refractivity (Wildman–Crippen MR) is 69.2 cm³/mol. The Bertz CT molecular complexity index is 437. The lowest BCUT2D eigenvalue weighted by atomic mass is 10.1. The Hall–Kier alpha value is -2.04. The molecule has 0 radical (unpaired) electrons. The molecule has 2 N–H and O–H groups in total. The molecule has 0 aliphatic heterocycles. The first-order valence-electron chi connectivity index (χ1n) is 5.63.